The summed E-state index contributed by atoms with van der Waals surface area (Å²) in [5.41, 5.74) is 5.60. The lowest BCUT2D eigenvalue weighted by Crippen LogP contribution is -2.41. The van der Waals surface area contributed by atoms with Crippen LogP contribution in [0.5, 0.6) is 5.75 Å². The van der Waals surface area contributed by atoms with Crippen LogP contribution in [-0.4, -0.2) is 23.7 Å². The summed E-state index contributed by atoms with van der Waals surface area (Å²) in [5.74, 6) is 1.02. The predicted molar refractivity (Wildman–Crippen MR) is 133 cm³/mol. The normalized spacial score (nSPS) is 21.4. The van der Waals surface area contributed by atoms with Gasteiger partial charge in [-0.2, -0.15) is 0 Å². The zero-order valence-electron chi connectivity index (χ0n) is 19.5. The first kappa shape index (κ1) is 21.5. The molecule has 5 heteroatoms. The van der Waals surface area contributed by atoms with Crippen molar-refractivity contribution in [3.05, 3.63) is 89.5 Å². The number of nitrogens with one attached hydrogen (secondary N) is 2. The van der Waals surface area contributed by atoms with Gasteiger partial charge in [-0.05, 0) is 59.4 Å². The average molecular weight is 442 g/mol. The van der Waals surface area contributed by atoms with Crippen molar-refractivity contribution in [2.75, 3.05) is 17.2 Å². The van der Waals surface area contributed by atoms with E-state index in [4.69, 9.17) is 4.74 Å². The van der Waals surface area contributed by atoms with E-state index in [1.54, 1.807) is 0 Å². The summed E-state index contributed by atoms with van der Waals surface area (Å²) >= 11 is 0. The van der Waals surface area contributed by atoms with Crippen molar-refractivity contribution < 1.29 is 9.53 Å². The molecule has 1 fully saturated rings. The number of fused-ring (bicyclic) bond motifs is 3. The highest BCUT2D eigenvalue weighted by atomic mass is 16.6. The summed E-state index contributed by atoms with van der Waals surface area (Å²) in [7, 11) is 0. The lowest BCUT2D eigenvalue weighted by molar-refractivity contribution is 0.215. The second-order valence-electron chi connectivity index (χ2n) is 9.67. The number of anilines is 2. The predicted octanol–water partition coefficient (Wildman–Crippen LogP) is 6.34. The monoisotopic (exact) mass is 441 g/mol. The van der Waals surface area contributed by atoms with Gasteiger partial charge in [0.25, 0.3) is 0 Å². The second kappa shape index (κ2) is 8.56. The average Bonchev–Trinajstić information content (AvgIpc) is 3.27. The molecule has 2 heterocycles. The zero-order chi connectivity index (χ0) is 23.0. The van der Waals surface area contributed by atoms with Gasteiger partial charge in [0.15, 0.2) is 0 Å². The van der Waals surface area contributed by atoms with E-state index in [-0.39, 0.29) is 11.6 Å². The molecule has 2 atom stereocenters. The topological polar surface area (TPSA) is 53.6 Å². The van der Waals surface area contributed by atoms with Crippen molar-refractivity contribution in [3.8, 4) is 5.75 Å². The maximum Gasteiger partial charge on any atom is 0.417 e. The Bertz CT molecular complexity index is 1140. The van der Waals surface area contributed by atoms with Gasteiger partial charge < -0.3 is 10.1 Å². The maximum absolute atomic E-state index is 12.5. The molecule has 3 aromatic carbocycles. The molecule has 2 aliphatic heterocycles. The Morgan fingerprint density at radius 2 is 1.88 bits per heavy atom. The van der Waals surface area contributed by atoms with Crippen molar-refractivity contribution >= 4 is 17.5 Å². The van der Waals surface area contributed by atoms with Crippen LogP contribution < -0.4 is 15.4 Å². The van der Waals surface area contributed by atoms with E-state index in [0.717, 1.165) is 30.9 Å². The van der Waals surface area contributed by atoms with Gasteiger partial charge in [0, 0.05) is 29.9 Å². The van der Waals surface area contributed by atoms with Crippen LogP contribution in [0.4, 0.5) is 16.2 Å². The molecule has 0 aromatic heterocycles. The number of carbonyl (C=O) groups is 1. The number of benzene rings is 3. The number of carbonyl (C=O) groups excluding carboxylic acids is 1. The van der Waals surface area contributed by atoms with Crippen LogP contribution in [0.2, 0.25) is 0 Å². The minimum Gasteiger partial charge on any atom is -0.410 e. The van der Waals surface area contributed by atoms with E-state index in [1.165, 1.54) is 16.7 Å². The number of hydrogen-bond donors (Lipinski definition) is 2. The van der Waals surface area contributed by atoms with Gasteiger partial charge in [-0.1, -0.05) is 63.2 Å². The number of rotatable bonds is 5. The lowest BCUT2D eigenvalue weighted by atomic mass is 9.81. The van der Waals surface area contributed by atoms with E-state index in [1.807, 2.05) is 42.5 Å². The van der Waals surface area contributed by atoms with Crippen LogP contribution in [0.15, 0.2) is 72.8 Å². The minimum atomic E-state index is -0.475. The van der Waals surface area contributed by atoms with Gasteiger partial charge in [-0.25, -0.2) is 4.79 Å². The van der Waals surface area contributed by atoms with E-state index in [0.29, 0.717) is 11.7 Å². The molecular formula is C28H31N3O2. The molecule has 0 bridgehead atoms. The molecule has 5 nitrogen and oxygen atoms in total. The van der Waals surface area contributed by atoms with Crippen LogP contribution in [0.3, 0.4) is 0 Å². The SMILES string of the molecule is CC(C)c1ccc(NC(=O)Oc2ccc3c(c2)[C@]2(C)CCN(Cc4ccccc4)C2N3)cc1. The van der Waals surface area contributed by atoms with Crippen LogP contribution in [0.25, 0.3) is 0 Å². The highest BCUT2D eigenvalue weighted by Gasteiger charge is 2.50. The van der Waals surface area contributed by atoms with E-state index >= 15 is 0 Å². The fourth-order valence-electron chi connectivity index (χ4n) is 5.10. The summed E-state index contributed by atoms with van der Waals surface area (Å²) < 4.78 is 5.65. The van der Waals surface area contributed by atoms with Gasteiger partial charge in [-0.15, -0.1) is 0 Å². The van der Waals surface area contributed by atoms with E-state index in [2.05, 4.69) is 66.6 Å². The summed E-state index contributed by atoms with van der Waals surface area (Å²) in [4.78, 5) is 15.0. The molecule has 33 heavy (non-hydrogen) atoms. The van der Waals surface area contributed by atoms with Crippen LogP contribution in [0.1, 0.15) is 49.8 Å². The Morgan fingerprint density at radius 1 is 1.12 bits per heavy atom. The fourth-order valence-corrected chi connectivity index (χ4v) is 5.10. The highest BCUT2D eigenvalue weighted by Crippen LogP contribution is 2.49. The molecule has 0 radical (unpaired) electrons. The standard InChI is InChI=1S/C28H31N3O2/c1-19(2)21-9-11-22(12-10-21)29-27(32)33-23-13-14-25-24(17-23)28(3)15-16-31(26(28)30-25)18-20-7-5-4-6-8-20/h4-14,17,19,26,30H,15-16,18H2,1-3H3,(H,29,32)/t26?,28-/m0/s1. The number of ether oxygens (including phenoxy) is 1. The molecule has 170 valence electrons. The second-order valence-corrected chi connectivity index (χ2v) is 9.67. The van der Waals surface area contributed by atoms with Gasteiger partial charge in [0.2, 0.25) is 0 Å². The van der Waals surface area contributed by atoms with E-state index in [9.17, 15) is 4.79 Å². The summed E-state index contributed by atoms with van der Waals surface area (Å²) in [6.07, 6.45) is 0.816. The van der Waals surface area contributed by atoms with Crippen molar-refractivity contribution in [1.82, 2.24) is 4.90 Å². The third kappa shape index (κ3) is 4.21. The first-order valence-corrected chi connectivity index (χ1v) is 11.7. The molecule has 0 aliphatic carbocycles. The van der Waals surface area contributed by atoms with Crippen molar-refractivity contribution in [1.29, 1.82) is 0 Å². The molecule has 1 saturated heterocycles. The number of amides is 1. The third-order valence-electron chi connectivity index (χ3n) is 7.05. The van der Waals surface area contributed by atoms with Gasteiger partial charge in [0.1, 0.15) is 5.75 Å². The zero-order valence-corrected chi connectivity index (χ0v) is 19.5. The summed E-state index contributed by atoms with van der Waals surface area (Å²) in [5, 5.41) is 6.54. The van der Waals surface area contributed by atoms with Crippen molar-refractivity contribution in [2.24, 2.45) is 0 Å². The quantitative estimate of drug-likeness (QED) is 0.485. The Morgan fingerprint density at radius 3 is 2.61 bits per heavy atom. The molecule has 2 N–H and O–H groups in total. The Labute approximate surface area is 195 Å². The highest BCUT2D eigenvalue weighted by molar-refractivity contribution is 5.86. The third-order valence-corrected chi connectivity index (χ3v) is 7.05. The molecule has 5 rings (SSSR count). The van der Waals surface area contributed by atoms with E-state index < -0.39 is 6.09 Å². The largest absolute Gasteiger partial charge is 0.417 e. The molecule has 3 aromatic rings. The molecule has 1 unspecified atom stereocenters. The van der Waals surface area contributed by atoms with Crippen LogP contribution >= 0.6 is 0 Å². The molecular weight excluding hydrogens is 410 g/mol. The van der Waals surface area contributed by atoms with Gasteiger partial charge in [-0.3, -0.25) is 10.2 Å². The Balaban J connectivity index is 1.27. The smallest absolute Gasteiger partial charge is 0.410 e. The first-order valence-electron chi connectivity index (χ1n) is 11.7. The number of likely N-dealkylation sites (tertiary alicyclic amines) is 1. The first-order chi connectivity index (χ1) is 15.9. The van der Waals surface area contributed by atoms with Gasteiger partial charge in [0.05, 0.1) is 6.17 Å². The Hall–Kier alpha value is -3.31. The lowest BCUT2D eigenvalue weighted by Gasteiger charge is -2.29. The summed E-state index contributed by atoms with van der Waals surface area (Å²) in [6.45, 7) is 8.55. The van der Waals surface area contributed by atoms with Crippen molar-refractivity contribution in [3.63, 3.8) is 0 Å². The van der Waals surface area contributed by atoms with Gasteiger partial charge >= 0.3 is 6.09 Å². The number of nitrogens with zero attached hydrogens (tertiary/aromatic N) is 1. The number of hydrogen-bond acceptors (Lipinski definition) is 4. The van der Waals surface area contributed by atoms with Crippen LogP contribution in [-0.2, 0) is 12.0 Å². The Kier molecular flexibility index (Phi) is 5.59. The molecule has 2 aliphatic rings. The molecule has 0 saturated carbocycles. The molecule has 0 spiro atoms. The fraction of sp³-hybridized carbons (Fsp3) is 0.321. The molecule has 1 amide bonds. The van der Waals surface area contributed by atoms with Crippen molar-refractivity contribution in [2.45, 2.75) is 51.2 Å². The van der Waals surface area contributed by atoms with Crippen LogP contribution in [0, 0.1) is 0 Å². The maximum atomic E-state index is 12.5. The summed E-state index contributed by atoms with van der Waals surface area (Å²) in [6, 6.07) is 24.4. The minimum absolute atomic E-state index is 0.0212.